The third-order valence-electron chi connectivity index (χ3n) is 12.5. The monoisotopic (exact) mass is 823 g/mol. The molecule has 12 nitrogen and oxygen atoms in total. The van der Waals surface area contributed by atoms with Gasteiger partial charge in [0, 0.05) is 12.5 Å². The second kappa shape index (κ2) is 26.8. The average molecular weight is 823 g/mol. The summed E-state index contributed by atoms with van der Waals surface area (Å²) in [6, 6.07) is 6.11. The van der Waals surface area contributed by atoms with Gasteiger partial charge in [0.2, 0.25) is 0 Å². The highest BCUT2D eigenvalue weighted by Gasteiger charge is 2.48. The van der Waals surface area contributed by atoms with E-state index in [-0.39, 0.29) is 52.3 Å². The Labute approximate surface area is 349 Å². The number of esters is 4. The zero-order valence-electron chi connectivity index (χ0n) is 37.7. The maximum absolute atomic E-state index is 11.7. The lowest BCUT2D eigenvalue weighted by molar-refractivity contribution is -0.173. The molecule has 334 valence electrons. The lowest BCUT2D eigenvalue weighted by atomic mass is 9.74. The van der Waals surface area contributed by atoms with E-state index >= 15 is 0 Å². The molecular formula is C46H78O12. The van der Waals surface area contributed by atoms with Crippen molar-refractivity contribution in [2.45, 2.75) is 133 Å². The molecule has 4 atom stereocenters. The van der Waals surface area contributed by atoms with Crippen molar-refractivity contribution in [2.75, 3.05) is 53.4 Å². The molecule has 1 aromatic rings. The van der Waals surface area contributed by atoms with Crippen molar-refractivity contribution in [3.8, 4) is 11.5 Å². The Morgan fingerprint density at radius 1 is 0.810 bits per heavy atom. The normalized spacial score (nSPS) is 23.0. The molecule has 58 heavy (non-hydrogen) atoms. The van der Waals surface area contributed by atoms with Crippen molar-refractivity contribution in [1.29, 1.82) is 0 Å². The van der Waals surface area contributed by atoms with E-state index in [4.69, 9.17) is 38.6 Å². The number of methoxy groups -OCH3 is 1. The minimum Gasteiger partial charge on any atom is -0.508 e. The molecular weight excluding hydrogens is 744 g/mol. The van der Waals surface area contributed by atoms with Crippen LogP contribution in [0.15, 0.2) is 24.3 Å². The van der Waals surface area contributed by atoms with Crippen LogP contribution in [0.4, 0.5) is 0 Å². The van der Waals surface area contributed by atoms with Gasteiger partial charge in [-0.15, -0.1) is 0 Å². The summed E-state index contributed by atoms with van der Waals surface area (Å²) in [7, 11) is 1.45. The highest BCUT2D eigenvalue weighted by atomic mass is 16.6. The molecule has 1 aromatic carbocycles. The van der Waals surface area contributed by atoms with E-state index in [9.17, 15) is 19.2 Å². The Bertz CT molecular complexity index is 1330. The Hall–Kier alpha value is -3.22. The van der Waals surface area contributed by atoms with Gasteiger partial charge < -0.3 is 38.6 Å². The van der Waals surface area contributed by atoms with Crippen molar-refractivity contribution in [3.05, 3.63) is 24.3 Å². The van der Waals surface area contributed by atoms with Crippen molar-refractivity contribution >= 4 is 23.9 Å². The van der Waals surface area contributed by atoms with E-state index in [1.807, 2.05) is 55.4 Å². The lowest BCUT2D eigenvalue weighted by Gasteiger charge is -2.40. The molecule has 0 radical (unpaired) electrons. The number of aromatic hydroxyl groups is 1. The van der Waals surface area contributed by atoms with Crippen LogP contribution in [0, 0.1) is 45.8 Å². The fraction of sp³-hybridized carbons (Fsp3) is 0.783. The number of rotatable bonds is 16. The van der Waals surface area contributed by atoms with Gasteiger partial charge in [0.1, 0.15) is 18.1 Å². The summed E-state index contributed by atoms with van der Waals surface area (Å²) in [6.45, 7) is 23.7. The Morgan fingerprint density at radius 2 is 1.36 bits per heavy atom. The first-order valence-corrected chi connectivity index (χ1v) is 21.7. The third kappa shape index (κ3) is 16.8. The minimum atomic E-state index is -0.474. The summed E-state index contributed by atoms with van der Waals surface area (Å²) in [5.74, 6) is 1.46. The van der Waals surface area contributed by atoms with Crippen molar-refractivity contribution < 1.29 is 57.8 Å². The van der Waals surface area contributed by atoms with Crippen molar-refractivity contribution in [2.24, 2.45) is 45.8 Å². The van der Waals surface area contributed by atoms with Crippen LogP contribution >= 0.6 is 0 Å². The van der Waals surface area contributed by atoms with E-state index in [1.165, 1.54) is 19.2 Å². The summed E-state index contributed by atoms with van der Waals surface area (Å²) < 4.78 is 31.1. The molecule has 4 unspecified atom stereocenters. The molecule has 12 heteroatoms. The smallest absolute Gasteiger partial charge is 0.316 e. The Kier molecular flexibility index (Phi) is 24.4. The highest BCUT2D eigenvalue weighted by molar-refractivity contribution is 5.78. The Balaban J connectivity index is 0.000000388. The van der Waals surface area contributed by atoms with Gasteiger partial charge in [0.25, 0.3) is 0 Å². The second-order valence-electron chi connectivity index (χ2n) is 17.0. The molecule has 2 aliphatic heterocycles. The Morgan fingerprint density at radius 3 is 1.79 bits per heavy atom. The molecule has 1 aliphatic carbocycles. The predicted octanol–water partition coefficient (Wildman–Crippen LogP) is 8.72. The zero-order valence-corrected chi connectivity index (χ0v) is 37.7. The molecule has 0 amide bonds. The van der Waals surface area contributed by atoms with Gasteiger partial charge in [-0.25, -0.2) is 0 Å². The second-order valence-corrected chi connectivity index (χ2v) is 17.0. The molecule has 0 bridgehead atoms. The molecule has 2 heterocycles. The first kappa shape index (κ1) is 52.8. The largest absolute Gasteiger partial charge is 0.508 e. The fourth-order valence-electron chi connectivity index (χ4n) is 6.44. The predicted molar refractivity (Wildman–Crippen MR) is 224 cm³/mol. The van der Waals surface area contributed by atoms with Crippen LogP contribution in [0.1, 0.15) is 133 Å². The number of benzene rings is 1. The van der Waals surface area contributed by atoms with Crippen LogP contribution in [-0.4, -0.2) is 87.4 Å². The van der Waals surface area contributed by atoms with E-state index in [0.717, 1.165) is 77.4 Å². The van der Waals surface area contributed by atoms with Crippen LogP contribution in [0.2, 0.25) is 0 Å². The molecule has 0 aromatic heterocycles. The summed E-state index contributed by atoms with van der Waals surface area (Å²) in [6.07, 6.45) is 9.51. The van der Waals surface area contributed by atoms with E-state index < -0.39 is 5.41 Å². The van der Waals surface area contributed by atoms with E-state index in [2.05, 4.69) is 13.8 Å². The number of ether oxygens (including phenoxy) is 6. The maximum atomic E-state index is 11.7. The maximum Gasteiger partial charge on any atom is 0.316 e. The number of hydrogen-bond donors (Lipinski definition) is 2. The van der Waals surface area contributed by atoms with Gasteiger partial charge in [-0.05, 0) is 114 Å². The number of aliphatic hydroxyl groups is 1. The number of phenolic OH excluding ortho intramolecular Hbond substituents is 1. The number of hydrogen-bond acceptors (Lipinski definition) is 12. The van der Waals surface area contributed by atoms with Crippen molar-refractivity contribution in [1.82, 2.24) is 0 Å². The van der Waals surface area contributed by atoms with Gasteiger partial charge in [-0.2, -0.15) is 0 Å². The average Bonchev–Trinajstić information content (AvgIpc) is 3.67. The van der Waals surface area contributed by atoms with Gasteiger partial charge in [0.15, 0.2) is 0 Å². The number of aliphatic hydroxyl groups excluding tert-OH is 1. The molecule has 2 N–H and O–H groups in total. The van der Waals surface area contributed by atoms with Gasteiger partial charge in [-0.3, -0.25) is 19.2 Å². The first-order valence-electron chi connectivity index (χ1n) is 21.7. The van der Waals surface area contributed by atoms with Crippen molar-refractivity contribution in [3.63, 3.8) is 0 Å². The summed E-state index contributed by atoms with van der Waals surface area (Å²) in [5, 5.41) is 18.1. The minimum absolute atomic E-state index is 0.0184. The molecule has 0 spiro atoms. The molecule has 2 saturated heterocycles. The van der Waals surface area contributed by atoms with E-state index in [1.54, 1.807) is 12.1 Å². The number of phenols is 1. The SMILES string of the molecule is CCC(C)(C)C(=O)Oc1ccc(O)cc1.CCC(C)C(=O)OCC1(CC)COC1.CCC(C)C(=O)OCC1CCC(CO)CC1.CCC1COCC1(CC)C(=O)OC. The quantitative estimate of drug-likeness (QED) is 0.0927. The molecule has 3 fully saturated rings. The summed E-state index contributed by atoms with van der Waals surface area (Å²) in [4.78, 5) is 46.2. The van der Waals surface area contributed by atoms with Crippen LogP contribution in [0.3, 0.4) is 0 Å². The zero-order chi connectivity index (χ0) is 43.9. The van der Waals surface area contributed by atoms with Gasteiger partial charge >= 0.3 is 23.9 Å². The molecule has 3 aliphatic rings. The lowest BCUT2D eigenvalue weighted by Crippen LogP contribution is -2.46. The van der Waals surface area contributed by atoms with Gasteiger partial charge in [0.05, 0.1) is 68.2 Å². The molecule has 4 rings (SSSR count). The standard InChI is InChI=1S/C13H24O3.C12H16O3.C11H20O3.C10H18O3/c1-3-10(2)13(15)16-9-12-6-4-11(8-14)5-7-12;1-4-12(2,3)11(14)15-10-7-5-9(13)6-8-10;1-4-9(3)10(12)14-8-11(5-2)6-13-7-11;1-4-8-6-13-7-10(8,5-2)9(11)12-3/h10-12,14H,3-9H2,1-2H3;5-8,13H,4H2,1-3H3;9H,4-8H2,1-3H3;8H,4-7H2,1-3H3. The first-order chi connectivity index (χ1) is 27.5. The van der Waals surface area contributed by atoms with Gasteiger partial charge in [-0.1, -0.05) is 55.4 Å². The highest BCUT2D eigenvalue weighted by Crippen LogP contribution is 2.40. The van der Waals surface area contributed by atoms with Crippen LogP contribution in [0.25, 0.3) is 0 Å². The summed E-state index contributed by atoms with van der Waals surface area (Å²) in [5.41, 5.74) is -0.732. The van der Waals surface area contributed by atoms with Crippen LogP contribution in [-0.2, 0) is 42.9 Å². The third-order valence-corrected chi connectivity index (χ3v) is 12.5. The van der Waals surface area contributed by atoms with E-state index in [0.29, 0.717) is 56.5 Å². The number of carbonyl (C=O) groups excluding carboxylic acids is 4. The number of carbonyl (C=O) groups is 4. The summed E-state index contributed by atoms with van der Waals surface area (Å²) >= 11 is 0. The molecule has 1 saturated carbocycles. The topological polar surface area (TPSA) is 164 Å². The van der Waals surface area contributed by atoms with Crippen LogP contribution < -0.4 is 4.74 Å². The fourth-order valence-corrected chi connectivity index (χ4v) is 6.44. The van der Waals surface area contributed by atoms with Crippen LogP contribution in [0.5, 0.6) is 11.5 Å².